The highest BCUT2D eigenvalue weighted by Gasteiger charge is 2.40. The minimum atomic E-state index is -0.338. The monoisotopic (exact) mass is 541 g/mol. The van der Waals surface area contributed by atoms with E-state index >= 15 is 0 Å². The molecule has 5 nitrogen and oxygen atoms in total. The molecule has 0 spiro atoms. The van der Waals surface area contributed by atoms with E-state index in [1.807, 2.05) is 24.3 Å². The molecule has 2 aliphatic heterocycles. The van der Waals surface area contributed by atoms with Crippen LogP contribution in [-0.2, 0) is 10.2 Å². The van der Waals surface area contributed by atoms with Crippen molar-refractivity contribution in [3.63, 3.8) is 0 Å². The van der Waals surface area contributed by atoms with Crippen LogP contribution in [0.3, 0.4) is 0 Å². The Bertz CT molecular complexity index is 1290. The Hall–Kier alpha value is -1.86. The van der Waals surface area contributed by atoms with Crippen LogP contribution in [0.5, 0.6) is 0 Å². The summed E-state index contributed by atoms with van der Waals surface area (Å²) in [7, 11) is 0. The van der Waals surface area contributed by atoms with Gasteiger partial charge in [0.25, 0.3) is 0 Å². The fraction of sp³-hybridized carbons (Fsp3) is 0.444. The summed E-state index contributed by atoms with van der Waals surface area (Å²) in [5.41, 5.74) is 5.21. The quantitative estimate of drug-likeness (QED) is 0.448. The third-order valence-corrected chi connectivity index (χ3v) is 8.78. The van der Waals surface area contributed by atoms with Crippen molar-refractivity contribution in [2.24, 2.45) is 0 Å². The first-order chi connectivity index (χ1) is 16.3. The fourth-order valence-electron chi connectivity index (χ4n) is 6.07. The van der Waals surface area contributed by atoms with E-state index in [9.17, 15) is 4.79 Å². The second kappa shape index (κ2) is 8.37. The Kier molecular flexibility index (Phi) is 5.56. The molecule has 178 valence electrons. The second-order valence-electron chi connectivity index (χ2n) is 10.2. The molecular formula is C27H29BrClN3O2. The lowest BCUT2D eigenvalue weighted by molar-refractivity contribution is 0.0115. The maximum atomic E-state index is 13.7. The molecule has 2 fully saturated rings. The molecule has 3 aliphatic rings. The molecule has 7 heteroatoms. The molecule has 1 aliphatic carbocycles. The molecule has 3 heterocycles. The van der Waals surface area contributed by atoms with Gasteiger partial charge in [0.2, 0.25) is 0 Å². The molecule has 2 aromatic carbocycles. The lowest BCUT2D eigenvalue weighted by Gasteiger charge is -2.41. The number of halogens is 2. The molecule has 6 rings (SSSR count). The van der Waals surface area contributed by atoms with Crippen LogP contribution in [0, 0.1) is 0 Å². The van der Waals surface area contributed by atoms with Crippen LogP contribution in [0.25, 0.3) is 10.9 Å². The van der Waals surface area contributed by atoms with Gasteiger partial charge in [0, 0.05) is 64.3 Å². The summed E-state index contributed by atoms with van der Waals surface area (Å²) < 4.78 is 6.52. The van der Waals surface area contributed by atoms with Crippen molar-refractivity contribution in [1.29, 1.82) is 0 Å². The largest absolute Gasteiger partial charge is 0.379 e. The van der Waals surface area contributed by atoms with Crippen LogP contribution in [0.4, 0.5) is 5.69 Å². The first kappa shape index (κ1) is 22.6. The zero-order valence-corrected chi connectivity index (χ0v) is 21.9. The van der Waals surface area contributed by atoms with Crippen molar-refractivity contribution in [1.82, 2.24) is 9.88 Å². The third kappa shape index (κ3) is 3.53. The first-order valence-electron chi connectivity index (χ1n) is 12.1. The van der Waals surface area contributed by atoms with E-state index in [4.69, 9.17) is 16.3 Å². The summed E-state index contributed by atoms with van der Waals surface area (Å²) >= 11 is 10.4. The van der Waals surface area contributed by atoms with E-state index in [0.29, 0.717) is 11.1 Å². The van der Waals surface area contributed by atoms with Gasteiger partial charge in [-0.2, -0.15) is 0 Å². The number of ketones is 1. The number of hydrogen-bond acceptors (Lipinski definition) is 4. The Labute approximate surface area is 213 Å². The van der Waals surface area contributed by atoms with Gasteiger partial charge < -0.3 is 14.6 Å². The van der Waals surface area contributed by atoms with Gasteiger partial charge in [0.05, 0.1) is 29.5 Å². The van der Waals surface area contributed by atoms with Crippen molar-refractivity contribution in [3.05, 3.63) is 62.2 Å². The van der Waals surface area contributed by atoms with E-state index in [2.05, 4.69) is 50.6 Å². The molecule has 2 saturated heterocycles. The lowest BCUT2D eigenvalue weighted by atomic mass is 9.71. The summed E-state index contributed by atoms with van der Waals surface area (Å²) in [6.45, 7) is 10.1. The minimum Gasteiger partial charge on any atom is -0.379 e. The standard InChI is InChI=1S/C27H29BrClN3O2/c1-27(2)20-15-23(32-7-5-17(6-8-32)31-9-11-34-12-10-31)21(29)14-19(20)25(33)24-18-4-3-16(28)13-22(18)30-26(24)27/h3-4,13-15,17,30H,5-12H2,1-2H3. The van der Waals surface area contributed by atoms with Crippen LogP contribution < -0.4 is 4.90 Å². The molecule has 0 saturated carbocycles. The number of benzene rings is 2. The molecular weight excluding hydrogens is 514 g/mol. The van der Waals surface area contributed by atoms with Crippen LogP contribution in [0.15, 0.2) is 34.8 Å². The highest BCUT2D eigenvalue weighted by molar-refractivity contribution is 9.10. The van der Waals surface area contributed by atoms with Crippen molar-refractivity contribution in [3.8, 4) is 0 Å². The van der Waals surface area contributed by atoms with Crippen LogP contribution in [0.1, 0.15) is 53.9 Å². The predicted molar refractivity (Wildman–Crippen MR) is 141 cm³/mol. The molecule has 0 amide bonds. The number of anilines is 1. The van der Waals surface area contributed by atoms with Crippen molar-refractivity contribution < 1.29 is 9.53 Å². The van der Waals surface area contributed by atoms with E-state index in [1.165, 1.54) is 0 Å². The Morgan fingerprint density at radius 1 is 1.09 bits per heavy atom. The number of aromatic nitrogens is 1. The summed E-state index contributed by atoms with van der Waals surface area (Å²) in [6, 6.07) is 10.7. The average molecular weight is 543 g/mol. The average Bonchev–Trinajstić information content (AvgIpc) is 3.23. The number of rotatable bonds is 2. The number of morpholine rings is 1. The maximum absolute atomic E-state index is 13.7. The highest BCUT2D eigenvalue weighted by Crippen LogP contribution is 2.46. The molecule has 0 atom stereocenters. The zero-order chi connectivity index (χ0) is 23.6. The van der Waals surface area contributed by atoms with E-state index in [0.717, 1.165) is 95.7 Å². The van der Waals surface area contributed by atoms with Gasteiger partial charge in [-0.1, -0.05) is 47.4 Å². The number of nitrogens with one attached hydrogen (secondary N) is 1. The van der Waals surface area contributed by atoms with E-state index in [-0.39, 0.29) is 11.2 Å². The van der Waals surface area contributed by atoms with Gasteiger partial charge in [-0.25, -0.2) is 0 Å². The number of ether oxygens (including phenoxy) is 1. The Balaban J connectivity index is 1.34. The zero-order valence-electron chi connectivity index (χ0n) is 19.6. The fourth-order valence-corrected chi connectivity index (χ4v) is 6.71. The number of aromatic amines is 1. The number of piperidine rings is 1. The summed E-state index contributed by atoms with van der Waals surface area (Å²) in [4.78, 5) is 22.2. The van der Waals surface area contributed by atoms with Crippen LogP contribution in [-0.4, -0.2) is 61.1 Å². The summed E-state index contributed by atoms with van der Waals surface area (Å²) in [5, 5.41) is 1.63. The normalized spacial score (nSPS) is 21.1. The number of carbonyl (C=O) groups excluding carboxylic acids is 1. The van der Waals surface area contributed by atoms with Gasteiger partial charge in [-0.15, -0.1) is 0 Å². The SMILES string of the molecule is CC1(C)c2cc(N3CCC(N4CCOCC4)CC3)c(Cl)cc2C(=O)c2c1[nH]c1cc(Br)ccc21. The van der Waals surface area contributed by atoms with Crippen molar-refractivity contribution in [2.75, 3.05) is 44.3 Å². The number of H-pyrrole nitrogens is 1. The van der Waals surface area contributed by atoms with E-state index < -0.39 is 0 Å². The van der Waals surface area contributed by atoms with Gasteiger partial charge in [-0.05, 0) is 42.7 Å². The smallest absolute Gasteiger partial charge is 0.195 e. The molecule has 0 radical (unpaired) electrons. The third-order valence-electron chi connectivity index (χ3n) is 7.98. The number of hydrogen-bond donors (Lipinski definition) is 1. The molecule has 3 aromatic rings. The van der Waals surface area contributed by atoms with Crippen LogP contribution in [0.2, 0.25) is 5.02 Å². The summed E-state index contributed by atoms with van der Waals surface area (Å²) in [6.07, 6.45) is 2.24. The predicted octanol–water partition coefficient (Wildman–Crippen LogP) is 5.76. The number of carbonyl (C=O) groups is 1. The highest BCUT2D eigenvalue weighted by atomic mass is 79.9. The van der Waals surface area contributed by atoms with Crippen LogP contribution >= 0.6 is 27.5 Å². The minimum absolute atomic E-state index is 0.0531. The number of nitrogens with zero attached hydrogens (tertiary/aromatic N) is 2. The first-order valence-corrected chi connectivity index (χ1v) is 13.3. The van der Waals surface area contributed by atoms with Gasteiger partial charge >= 0.3 is 0 Å². The topological polar surface area (TPSA) is 48.6 Å². The second-order valence-corrected chi connectivity index (χ2v) is 11.6. The van der Waals surface area contributed by atoms with Crippen molar-refractivity contribution in [2.45, 2.75) is 38.1 Å². The summed E-state index contributed by atoms with van der Waals surface area (Å²) in [5.74, 6) is 0.0531. The molecule has 0 unspecified atom stereocenters. The molecule has 1 N–H and O–H groups in total. The molecule has 34 heavy (non-hydrogen) atoms. The van der Waals surface area contributed by atoms with Gasteiger partial charge in [0.1, 0.15) is 0 Å². The molecule has 0 bridgehead atoms. The lowest BCUT2D eigenvalue weighted by Crippen LogP contribution is -2.49. The number of fused-ring (bicyclic) bond motifs is 4. The Morgan fingerprint density at radius 3 is 2.56 bits per heavy atom. The Morgan fingerprint density at radius 2 is 1.82 bits per heavy atom. The van der Waals surface area contributed by atoms with E-state index in [1.54, 1.807) is 0 Å². The maximum Gasteiger partial charge on any atom is 0.195 e. The van der Waals surface area contributed by atoms with Gasteiger partial charge in [-0.3, -0.25) is 9.69 Å². The van der Waals surface area contributed by atoms with Gasteiger partial charge in [0.15, 0.2) is 5.78 Å². The van der Waals surface area contributed by atoms with Crippen molar-refractivity contribution >= 4 is 49.9 Å². The molecule has 1 aromatic heterocycles.